The van der Waals surface area contributed by atoms with Gasteiger partial charge in [-0.15, -0.1) is 0 Å². The first-order valence-corrected chi connectivity index (χ1v) is 7.27. The zero-order valence-electron chi connectivity index (χ0n) is 12.4. The van der Waals surface area contributed by atoms with E-state index in [-0.39, 0.29) is 5.54 Å². The first kappa shape index (κ1) is 13.3. The highest BCUT2D eigenvalue weighted by Gasteiger charge is 2.26. The molecule has 3 rings (SSSR count). The average molecular weight is 270 g/mol. The Morgan fingerprint density at radius 3 is 2.80 bits per heavy atom. The predicted octanol–water partition coefficient (Wildman–Crippen LogP) is 3.03. The molecule has 1 N–H and O–H groups in total. The van der Waals surface area contributed by atoms with Gasteiger partial charge in [-0.3, -0.25) is 4.98 Å². The summed E-state index contributed by atoms with van der Waals surface area (Å²) in [5, 5.41) is 8.22. The quantitative estimate of drug-likeness (QED) is 0.928. The van der Waals surface area contributed by atoms with E-state index in [0.717, 1.165) is 12.2 Å². The predicted molar refractivity (Wildman–Crippen MR) is 79.9 cm³/mol. The monoisotopic (exact) mass is 270 g/mol. The van der Waals surface area contributed by atoms with Crippen LogP contribution in [0.1, 0.15) is 50.8 Å². The van der Waals surface area contributed by atoms with E-state index in [4.69, 9.17) is 5.10 Å². The maximum absolute atomic E-state index is 4.71. The van der Waals surface area contributed by atoms with Crippen LogP contribution in [-0.4, -0.2) is 20.3 Å². The number of hydrogen-bond acceptors (Lipinski definition) is 3. The second kappa shape index (κ2) is 5.02. The van der Waals surface area contributed by atoms with Crippen molar-refractivity contribution in [2.45, 2.75) is 51.6 Å². The minimum absolute atomic E-state index is 0.0937. The van der Waals surface area contributed by atoms with Crippen molar-refractivity contribution in [2.75, 3.05) is 0 Å². The van der Waals surface area contributed by atoms with Crippen molar-refractivity contribution in [3.8, 4) is 5.69 Å². The molecule has 20 heavy (non-hydrogen) atoms. The number of nitrogens with one attached hydrogen (secondary N) is 1. The lowest BCUT2D eigenvalue weighted by molar-refractivity contribution is 0.423. The third-order valence-electron chi connectivity index (χ3n) is 3.54. The van der Waals surface area contributed by atoms with Gasteiger partial charge in [0.1, 0.15) is 0 Å². The molecule has 0 radical (unpaired) electrons. The number of pyridine rings is 1. The molecule has 0 unspecified atom stereocenters. The Morgan fingerprint density at radius 2 is 2.10 bits per heavy atom. The highest BCUT2D eigenvalue weighted by molar-refractivity contribution is 5.38. The van der Waals surface area contributed by atoms with Crippen molar-refractivity contribution < 1.29 is 0 Å². The third kappa shape index (κ3) is 3.07. The van der Waals surface area contributed by atoms with Gasteiger partial charge in [0.25, 0.3) is 0 Å². The Morgan fingerprint density at radius 1 is 1.30 bits per heavy atom. The highest BCUT2D eigenvalue weighted by Crippen LogP contribution is 2.39. The smallest absolute Gasteiger partial charge is 0.0721 e. The van der Waals surface area contributed by atoms with Gasteiger partial charge in [-0.25, -0.2) is 4.68 Å². The molecule has 2 heterocycles. The molecular weight excluding hydrogens is 248 g/mol. The van der Waals surface area contributed by atoms with E-state index in [0.29, 0.717) is 5.92 Å². The molecule has 1 saturated carbocycles. The molecule has 4 nitrogen and oxygen atoms in total. The Kier molecular flexibility index (Phi) is 3.34. The Balaban J connectivity index is 1.84. The Labute approximate surface area is 120 Å². The number of nitrogens with zero attached hydrogens (tertiary/aromatic N) is 3. The van der Waals surface area contributed by atoms with Gasteiger partial charge < -0.3 is 5.32 Å². The SMILES string of the molecule is CC(C)(C)NCc1cnccc1-n1ccc(C2CC2)n1. The van der Waals surface area contributed by atoms with Crippen LogP contribution < -0.4 is 5.32 Å². The van der Waals surface area contributed by atoms with Crippen LogP contribution in [0.25, 0.3) is 5.69 Å². The minimum Gasteiger partial charge on any atom is -0.308 e. The van der Waals surface area contributed by atoms with Crippen molar-refractivity contribution in [1.82, 2.24) is 20.1 Å². The average Bonchev–Trinajstić information content (AvgIpc) is 3.14. The van der Waals surface area contributed by atoms with Crippen LogP contribution in [0.2, 0.25) is 0 Å². The highest BCUT2D eigenvalue weighted by atomic mass is 15.3. The van der Waals surface area contributed by atoms with Gasteiger partial charge in [0.15, 0.2) is 0 Å². The van der Waals surface area contributed by atoms with Gasteiger partial charge in [0, 0.05) is 42.2 Å². The second-order valence-corrected chi connectivity index (χ2v) is 6.57. The lowest BCUT2D eigenvalue weighted by Gasteiger charge is -2.21. The summed E-state index contributed by atoms with van der Waals surface area (Å²) in [7, 11) is 0. The molecule has 0 atom stereocenters. The third-order valence-corrected chi connectivity index (χ3v) is 3.54. The van der Waals surface area contributed by atoms with E-state index < -0.39 is 0 Å². The molecule has 2 aromatic heterocycles. The molecule has 0 aromatic carbocycles. The number of aromatic nitrogens is 3. The first-order chi connectivity index (χ1) is 9.53. The summed E-state index contributed by atoms with van der Waals surface area (Å²) < 4.78 is 1.98. The number of rotatable bonds is 4. The topological polar surface area (TPSA) is 42.7 Å². The molecule has 1 aliphatic carbocycles. The fraction of sp³-hybridized carbons (Fsp3) is 0.500. The van der Waals surface area contributed by atoms with Crippen LogP contribution in [0.5, 0.6) is 0 Å². The zero-order valence-corrected chi connectivity index (χ0v) is 12.4. The Bertz CT molecular complexity index is 591. The summed E-state index contributed by atoms with van der Waals surface area (Å²) in [6.45, 7) is 7.30. The van der Waals surface area contributed by atoms with Gasteiger partial charge in [-0.2, -0.15) is 5.10 Å². The lowest BCUT2D eigenvalue weighted by Crippen LogP contribution is -2.35. The minimum atomic E-state index is 0.0937. The normalized spacial score (nSPS) is 15.6. The van der Waals surface area contributed by atoms with E-state index >= 15 is 0 Å². The molecule has 0 bridgehead atoms. The van der Waals surface area contributed by atoms with Crippen molar-refractivity contribution in [3.05, 3.63) is 42.0 Å². The van der Waals surface area contributed by atoms with Crippen molar-refractivity contribution in [1.29, 1.82) is 0 Å². The van der Waals surface area contributed by atoms with Crippen LogP contribution in [0.15, 0.2) is 30.7 Å². The maximum atomic E-state index is 4.71. The van der Waals surface area contributed by atoms with Crippen molar-refractivity contribution >= 4 is 0 Å². The lowest BCUT2D eigenvalue weighted by atomic mass is 10.1. The van der Waals surface area contributed by atoms with Gasteiger partial charge >= 0.3 is 0 Å². The maximum Gasteiger partial charge on any atom is 0.0721 e. The van der Waals surface area contributed by atoms with Crippen LogP contribution >= 0.6 is 0 Å². The molecule has 0 amide bonds. The first-order valence-electron chi connectivity index (χ1n) is 7.27. The van der Waals surface area contributed by atoms with E-state index in [2.05, 4.69) is 43.3 Å². The molecule has 0 saturated heterocycles. The van der Waals surface area contributed by atoms with Crippen LogP contribution in [0, 0.1) is 0 Å². The number of hydrogen-bond donors (Lipinski definition) is 1. The summed E-state index contributed by atoms with van der Waals surface area (Å²) in [5.74, 6) is 0.689. The fourth-order valence-electron chi connectivity index (χ4n) is 2.21. The summed E-state index contributed by atoms with van der Waals surface area (Å²) in [6.07, 6.45) is 8.38. The second-order valence-electron chi connectivity index (χ2n) is 6.57. The van der Waals surface area contributed by atoms with Gasteiger partial charge in [-0.1, -0.05) is 0 Å². The van der Waals surface area contributed by atoms with Gasteiger partial charge in [0.05, 0.1) is 11.4 Å². The van der Waals surface area contributed by atoms with E-state index in [1.807, 2.05) is 23.1 Å². The van der Waals surface area contributed by atoms with Gasteiger partial charge in [0.2, 0.25) is 0 Å². The molecule has 1 aliphatic rings. The van der Waals surface area contributed by atoms with E-state index in [1.54, 1.807) is 0 Å². The summed E-state index contributed by atoms with van der Waals surface area (Å²) in [5.41, 5.74) is 3.60. The molecule has 0 aliphatic heterocycles. The van der Waals surface area contributed by atoms with Gasteiger partial charge in [-0.05, 0) is 45.7 Å². The largest absolute Gasteiger partial charge is 0.308 e. The standard InChI is InChI=1S/C16H22N4/c1-16(2,3)18-11-13-10-17-8-6-15(13)20-9-7-14(19-20)12-4-5-12/h6-10,12,18H,4-5,11H2,1-3H3. The zero-order chi connectivity index (χ0) is 14.2. The molecule has 1 fully saturated rings. The molecule has 106 valence electrons. The van der Waals surface area contributed by atoms with Crippen molar-refractivity contribution in [2.24, 2.45) is 0 Å². The summed E-state index contributed by atoms with van der Waals surface area (Å²) >= 11 is 0. The molecule has 0 spiro atoms. The van der Waals surface area contributed by atoms with E-state index in [9.17, 15) is 0 Å². The molecule has 2 aromatic rings. The van der Waals surface area contributed by atoms with E-state index in [1.165, 1.54) is 24.1 Å². The Hall–Kier alpha value is -1.68. The van der Waals surface area contributed by atoms with Crippen molar-refractivity contribution in [3.63, 3.8) is 0 Å². The fourth-order valence-corrected chi connectivity index (χ4v) is 2.21. The molecular formula is C16H22N4. The van der Waals surface area contributed by atoms with Crippen LogP contribution in [0.3, 0.4) is 0 Å². The summed E-state index contributed by atoms with van der Waals surface area (Å²) in [6, 6.07) is 4.17. The molecule has 4 heteroatoms. The summed E-state index contributed by atoms with van der Waals surface area (Å²) in [4.78, 5) is 4.24. The van der Waals surface area contributed by atoms with Crippen LogP contribution in [0.4, 0.5) is 0 Å². The van der Waals surface area contributed by atoms with Crippen LogP contribution in [-0.2, 0) is 6.54 Å².